The molecule has 1 N–H and O–H groups in total. The van der Waals surface area contributed by atoms with Crippen LogP contribution in [0.1, 0.15) is 12.8 Å². The second kappa shape index (κ2) is 8.95. The highest BCUT2D eigenvalue weighted by Gasteiger charge is 2.33. The van der Waals surface area contributed by atoms with Gasteiger partial charge in [0, 0.05) is 17.8 Å². The number of hydrogen-bond acceptors (Lipinski definition) is 4. The number of para-hydroxylation sites is 1. The molecule has 1 heterocycles. The average molecular weight is 385 g/mol. The predicted octanol–water partition coefficient (Wildman–Crippen LogP) is 3.65. The molecule has 3 rings (SSSR count). The minimum Gasteiger partial charge on any atom is -0.497 e. The Morgan fingerprint density at radius 1 is 1.19 bits per heavy atom. The first-order valence-corrected chi connectivity index (χ1v) is 10.4. The molecule has 1 atom stereocenters. The van der Waals surface area contributed by atoms with Crippen molar-refractivity contribution < 1.29 is 14.3 Å². The zero-order chi connectivity index (χ0) is 19.2. The van der Waals surface area contributed by atoms with Crippen molar-refractivity contribution in [2.45, 2.75) is 18.9 Å². The maximum atomic E-state index is 12.9. The van der Waals surface area contributed by atoms with Crippen molar-refractivity contribution in [1.29, 1.82) is 0 Å². The summed E-state index contributed by atoms with van der Waals surface area (Å²) >= 11 is 1.48. The van der Waals surface area contributed by atoms with Crippen molar-refractivity contribution in [1.82, 2.24) is 4.90 Å². The van der Waals surface area contributed by atoms with Gasteiger partial charge in [-0.25, -0.2) is 0 Å². The van der Waals surface area contributed by atoms with Crippen LogP contribution in [0.15, 0.2) is 48.5 Å². The van der Waals surface area contributed by atoms with Crippen LogP contribution in [-0.2, 0) is 9.59 Å². The molecular formula is C21H24N2O3S. The van der Waals surface area contributed by atoms with Crippen LogP contribution in [0.3, 0.4) is 0 Å². The molecule has 1 saturated heterocycles. The fourth-order valence-corrected chi connectivity index (χ4v) is 3.79. The molecule has 0 saturated carbocycles. The van der Waals surface area contributed by atoms with Crippen LogP contribution in [0, 0.1) is 0 Å². The lowest BCUT2D eigenvalue weighted by Crippen LogP contribution is -2.44. The van der Waals surface area contributed by atoms with Crippen LogP contribution in [0.4, 0.5) is 5.69 Å². The Morgan fingerprint density at radius 3 is 2.63 bits per heavy atom. The van der Waals surface area contributed by atoms with Gasteiger partial charge in [-0.15, -0.1) is 0 Å². The number of nitrogens with one attached hydrogen (secondary N) is 1. The number of carbonyl (C=O) groups is 2. The predicted molar refractivity (Wildman–Crippen MR) is 110 cm³/mol. The van der Waals surface area contributed by atoms with Crippen LogP contribution < -0.4 is 10.1 Å². The Bertz CT molecular complexity index is 807. The number of carbonyl (C=O) groups excluding carboxylic acids is 2. The molecule has 2 amide bonds. The van der Waals surface area contributed by atoms with E-state index in [-0.39, 0.29) is 11.8 Å². The highest BCUT2D eigenvalue weighted by atomic mass is 32.2. The van der Waals surface area contributed by atoms with E-state index in [9.17, 15) is 9.59 Å². The molecule has 0 aliphatic carbocycles. The van der Waals surface area contributed by atoms with Crippen LogP contribution in [0.5, 0.6) is 5.75 Å². The van der Waals surface area contributed by atoms with Crippen LogP contribution >= 0.6 is 11.8 Å². The fourth-order valence-electron chi connectivity index (χ4n) is 3.37. The molecule has 27 heavy (non-hydrogen) atoms. The van der Waals surface area contributed by atoms with Gasteiger partial charge in [0.25, 0.3) is 0 Å². The van der Waals surface area contributed by atoms with Gasteiger partial charge in [0.2, 0.25) is 11.8 Å². The van der Waals surface area contributed by atoms with E-state index in [0.29, 0.717) is 18.7 Å². The summed E-state index contributed by atoms with van der Waals surface area (Å²) in [7, 11) is 1.63. The molecule has 0 spiro atoms. The van der Waals surface area contributed by atoms with Gasteiger partial charge in [0.1, 0.15) is 11.8 Å². The van der Waals surface area contributed by atoms with Crippen LogP contribution in [0.25, 0.3) is 11.1 Å². The van der Waals surface area contributed by atoms with Crippen molar-refractivity contribution in [3.8, 4) is 16.9 Å². The van der Waals surface area contributed by atoms with Crippen LogP contribution in [-0.4, -0.2) is 48.4 Å². The molecule has 0 aromatic heterocycles. The standard InChI is InChI=1S/C21H24N2O3S/c1-26-16-11-9-15(10-12-16)17-6-3-4-7-18(17)22-21(25)19-8-5-13-23(19)20(24)14-27-2/h3-4,6-7,9-12,19H,5,8,13-14H2,1-2H3,(H,22,25)/t19-/m0/s1. The Balaban J connectivity index is 1.79. The molecule has 1 fully saturated rings. The number of thioether (sulfide) groups is 1. The van der Waals surface area contributed by atoms with Crippen LogP contribution in [0.2, 0.25) is 0 Å². The second-order valence-electron chi connectivity index (χ2n) is 6.44. The quantitative estimate of drug-likeness (QED) is 0.826. The SMILES string of the molecule is COc1ccc(-c2ccccc2NC(=O)[C@@H]2CCCN2C(=O)CSC)cc1. The van der Waals surface area contributed by atoms with E-state index in [1.165, 1.54) is 11.8 Å². The first kappa shape index (κ1) is 19.3. The first-order valence-electron chi connectivity index (χ1n) is 8.96. The van der Waals surface area contributed by atoms with Gasteiger partial charge in [0.05, 0.1) is 12.9 Å². The minimum absolute atomic E-state index is 0.0311. The lowest BCUT2D eigenvalue weighted by Gasteiger charge is -2.24. The lowest BCUT2D eigenvalue weighted by atomic mass is 10.0. The van der Waals surface area contributed by atoms with Crippen molar-refractivity contribution >= 4 is 29.3 Å². The van der Waals surface area contributed by atoms with Crippen molar-refractivity contribution in [2.24, 2.45) is 0 Å². The van der Waals surface area contributed by atoms with E-state index in [4.69, 9.17) is 4.74 Å². The maximum Gasteiger partial charge on any atom is 0.247 e. The zero-order valence-electron chi connectivity index (χ0n) is 15.6. The Morgan fingerprint density at radius 2 is 1.93 bits per heavy atom. The van der Waals surface area contributed by atoms with E-state index in [1.807, 2.05) is 54.8 Å². The van der Waals surface area contributed by atoms with Gasteiger partial charge in [-0.1, -0.05) is 30.3 Å². The summed E-state index contributed by atoms with van der Waals surface area (Å²) in [6.45, 7) is 0.650. The van der Waals surface area contributed by atoms with Crippen molar-refractivity contribution in [3.05, 3.63) is 48.5 Å². The monoisotopic (exact) mass is 384 g/mol. The molecule has 1 aliphatic rings. The lowest BCUT2D eigenvalue weighted by molar-refractivity contribution is -0.134. The summed E-state index contributed by atoms with van der Waals surface area (Å²) in [5, 5.41) is 3.04. The molecule has 0 radical (unpaired) electrons. The van der Waals surface area contributed by atoms with Gasteiger partial charge in [-0.3, -0.25) is 9.59 Å². The van der Waals surface area contributed by atoms with E-state index >= 15 is 0 Å². The molecule has 0 unspecified atom stereocenters. The number of nitrogens with zero attached hydrogens (tertiary/aromatic N) is 1. The van der Waals surface area contributed by atoms with Crippen molar-refractivity contribution in [3.63, 3.8) is 0 Å². The topological polar surface area (TPSA) is 58.6 Å². The highest BCUT2D eigenvalue weighted by molar-refractivity contribution is 7.99. The maximum absolute atomic E-state index is 12.9. The average Bonchev–Trinajstić information content (AvgIpc) is 3.19. The zero-order valence-corrected chi connectivity index (χ0v) is 16.4. The van der Waals surface area contributed by atoms with Crippen molar-refractivity contribution in [2.75, 3.05) is 31.0 Å². The van der Waals surface area contributed by atoms with E-state index < -0.39 is 6.04 Å². The third-order valence-electron chi connectivity index (χ3n) is 4.73. The third kappa shape index (κ3) is 4.45. The molecule has 0 bridgehead atoms. The number of amides is 2. The first-order chi connectivity index (χ1) is 13.1. The summed E-state index contributed by atoms with van der Waals surface area (Å²) in [5.74, 6) is 1.10. The van der Waals surface area contributed by atoms with E-state index in [0.717, 1.165) is 29.0 Å². The minimum atomic E-state index is -0.395. The summed E-state index contributed by atoms with van der Waals surface area (Å²) in [5.41, 5.74) is 2.68. The number of hydrogen-bond donors (Lipinski definition) is 1. The highest BCUT2D eigenvalue weighted by Crippen LogP contribution is 2.30. The normalized spacial score (nSPS) is 16.2. The summed E-state index contributed by atoms with van der Waals surface area (Å²) in [4.78, 5) is 26.9. The summed E-state index contributed by atoms with van der Waals surface area (Å²) in [6.07, 6.45) is 3.46. The largest absolute Gasteiger partial charge is 0.497 e. The number of rotatable bonds is 6. The molecule has 142 valence electrons. The Kier molecular flexibility index (Phi) is 6.40. The molecule has 2 aromatic carbocycles. The number of methoxy groups -OCH3 is 1. The Labute approximate surface area is 164 Å². The molecule has 5 nitrogen and oxygen atoms in total. The van der Waals surface area contributed by atoms with Gasteiger partial charge in [-0.05, 0) is 42.9 Å². The summed E-state index contributed by atoms with van der Waals surface area (Å²) in [6, 6.07) is 15.0. The number of anilines is 1. The van der Waals surface area contributed by atoms with E-state index in [2.05, 4.69) is 5.32 Å². The fraction of sp³-hybridized carbons (Fsp3) is 0.333. The third-order valence-corrected chi connectivity index (χ3v) is 5.27. The van der Waals surface area contributed by atoms with Gasteiger partial charge < -0.3 is 15.0 Å². The number of ether oxygens (including phenoxy) is 1. The second-order valence-corrected chi connectivity index (χ2v) is 7.31. The molecule has 6 heteroatoms. The van der Waals surface area contributed by atoms with Gasteiger partial charge in [0.15, 0.2) is 0 Å². The number of benzene rings is 2. The number of likely N-dealkylation sites (tertiary alicyclic amines) is 1. The molecular weight excluding hydrogens is 360 g/mol. The Hall–Kier alpha value is -2.47. The van der Waals surface area contributed by atoms with Gasteiger partial charge in [-0.2, -0.15) is 11.8 Å². The summed E-state index contributed by atoms with van der Waals surface area (Å²) < 4.78 is 5.21. The molecule has 1 aliphatic heterocycles. The smallest absolute Gasteiger partial charge is 0.247 e. The molecule has 2 aromatic rings. The van der Waals surface area contributed by atoms with E-state index in [1.54, 1.807) is 12.0 Å². The van der Waals surface area contributed by atoms with Gasteiger partial charge >= 0.3 is 0 Å².